The smallest absolute Gasteiger partial charge is 0.203 e. The molecule has 3 aromatic rings. The van der Waals surface area contributed by atoms with Crippen LogP contribution in [0.5, 0.6) is 17.2 Å². The summed E-state index contributed by atoms with van der Waals surface area (Å²) in [4.78, 5) is 13.1. The number of aromatic nitrogens is 2. The number of benzene rings is 2. The third kappa shape index (κ3) is 3.41. The van der Waals surface area contributed by atoms with Crippen molar-refractivity contribution >= 4 is 17.4 Å². The van der Waals surface area contributed by atoms with E-state index in [1.807, 2.05) is 48.0 Å². The first-order valence-electron chi connectivity index (χ1n) is 9.64. The summed E-state index contributed by atoms with van der Waals surface area (Å²) in [5.41, 5.74) is 4.21. The number of Topliss-reactive ketones (excluding diaryl/α,β-unsaturated/α-hetero) is 1. The molecule has 4 rings (SSSR count). The number of methoxy groups -OCH3 is 3. The molecule has 2 aromatic carbocycles. The van der Waals surface area contributed by atoms with Crippen molar-refractivity contribution in [3.63, 3.8) is 0 Å². The van der Waals surface area contributed by atoms with Crippen molar-refractivity contribution in [1.82, 2.24) is 9.78 Å². The summed E-state index contributed by atoms with van der Waals surface area (Å²) in [6.07, 6.45) is 1.07. The van der Waals surface area contributed by atoms with E-state index in [4.69, 9.17) is 25.8 Å². The zero-order chi connectivity index (χ0) is 21.4. The van der Waals surface area contributed by atoms with E-state index in [-0.39, 0.29) is 11.7 Å². The fraction of sp³-hybridized carbons (Fsp3) is 0.304. The van der Waals surface area contributed by atoms with Crippen LogP contribution in [0.15, 0.2) is 36.4 Å². The summed E-state index contributed by atoms with van der Waals surface area (Å²) in [6, 6.07) is 11.3. The molecular formula is C23H23ClN2O4. The highest BCUT2D eigenvalue weighted by Gasteiger charge is 2.33. The average Bonchev–Trinajstić information content (AvgIpc) is 3.09. The Balaban J connectivity index is 1.79. The first-order chi connectivity index (χ1) is 14.5. The van der Waals surface area contributed by atoms with Gasteiger partial charge in [0, 0.05) is 11.4 Å². The normalized spacial score (nSPS) is 15.6. The van der Waals surface area contributed by atoms with E-state index in [1.165, 1.54) is 0 Å². The predicted molar refractivity (Wildman–Crippen MR) is 115 cm³/mol. The number of ether oxygens (including phenoxy) is 3. The van der Waals surface area contributed by atoms with Gasteiger partial charge in [-0.2, -0.15) is 5.10 Å². The topological polar surface area (TPSA) is 62.6 Å². The van der Waals surface area contributed by atoms with Crippen molar-refractivity contribution in [2.45, 2.75) is 25.7 Å². The van der Waals surface area contributed by atoms with Gasteiger partial charge in [-0.15, -0.1) is 0 Å². The SMILES string of the molecule is COc1cc([C@H]2CC(=O)c3c(C)nn(-c4ccc(Cl)cc4)c3C2)cc(OC)c1OC. The van der Waals surface area contributed by atoms with E-state index in [2.05, 4.69) is 5.10 Å². The minimum atomic E-state index is -0.0270. The molecular weight excluding hydrogens is 404 g/mol. The van der Waals surface area contributed by atoms with Gasteiger partial charge in [0.2, 0.25) is 5.75 Å². The second-order valence-electron chi connectivity index (χ2n) is 7.28. The monoisotopic (exact) mass is 426 g/mol. The van der Waals surface area contributed by atoms with Gasteiger partial charge in [0.1, 0.15) is 0 Å². The minimum absolute atomic E-state index is 0.0270. The minimum Gasteiger partial charge on any atom is -0.493 e. The Labute approximate surface area is 180 Å². The van der Waals surface area contributed by atoms with E-state index in [9.17, 15) is 4.79 Å². The van der Waals surface area contributed by atoms with E-state index in [1.54, 1.807) is 21.3 Å². The number of ketones is 1. The molecule has 6 nitrogen and oxygen atoms in total. The lowest BCUT2D eigenvalue weighted by Gasteiger charge is -2.24. The van der Waals surface area contributed by atoms with Crippen LogP contribution in [0, 0.1) is 6.92 Å². The number of hydrogen-bond acceptors (Lipinski definition) is 5. The number of hydrogen-bond donors (Lipinski definition) is 0. The molecule has 7 heteroatoms. The molecule has 1 heterocycles. The molecule has 0 saturated carbocycles. The number of rotatable bonds is 5. The van der Waals surface area contributed by atoms with Gasteiger partial charge in [-0.1, -0.05) is 11.6 Å². The van der Waals surface area contributed by atoms with Crippen molar-refractivity contribution in [2.24, 2.45) is 0 Å². The van der Waals surface area contributed by atoms with Crippen molar-refractivity contribution in [1.29, 1.82) is 0 Å². The van der Waals surface area contributed by atoms with Gasteiger partial charge in [-0.3, -0.25) is 4.79 Å². The van der Waals surface area contributed by atoms with E-state index >= 15 is 0 Å². The van der Waals surface area contributed by atoms with Gasteiger partial charge < -0.3 is 14.2 Å². The van der Waals surface area contributed by atoms with Crippen LogP contribution in [0.2, 0.25) is 5.02 Å². The number of carbonyl (C=O) groups excluding carboxylic acids is 1. The van der Waals surface area contributed by atoms with E-state index < -0.39 is 0 Å². The van der Waals surface area contributed by atoms with Crippen LogP contribution < -0.4 is 14.2 Å². The predicted octanol–water partition coefficient (Wildman–Crippen LogP) is 4.77. The molecule has 0 N–H and O–H groups in total. The van der Waals surface area contributed by atoms with Crippen LogP contribution in [0.3, 0.4) is 0 Å². The molecule has 0 saturated heterocycles. The van der Waals surface area contributed by atoms with Crippen molar-refractivity contribution in [2.75, 3.05) is 21.3 Å². The Morgan fingerprint density at radius 2 is 1.63 bits per heavy atom. The average molecular weight is 427 g/mol. The number of aryl methyl sites for hydroxylation is 1. The van der Waals surface area contributed by atoms with Crippen LogP contribution in [0.1, 0.15) is 39.6 Å². The quantitative estimate of drug-likeness (QED) is 0.588. The van der Waals surface area contributed by atoms with Crippen LogP contribution >= 0.6 is 11.6 Å². The van der Waals surface area contributed by atoms with Gasteiger partial charge >= 0.3 is 0 Å². The van der Waals surface area contributed by atoms with Gasteiger partial charge in [-0.05, 0) is 61.2 Å². The largest absolute Gasteiger partial charge is 0.493 e. The Kier molecular flexibility index (Phi) is 5.43. The first-order valence-corrected chi connectivity index (χ1v) is 10.0. The molecule has 1 aromatic heterocycles. The molecule has 0 spiro atoms. The molecule has 1 aliphatic carbocycles. The summed E-state index contributed by atoms with van der Waals surface area (Å²) in [7, 11) is 4.75. The fourth-order valence-corrected chi connectivity index (χ4v) is 4.25. The second-order valence-corrected chi connectivity index (χ2v) is 7.72. The van der Waals surface area contributed by atoms with Gasteiger partial charge in [0.15, 0.2) is 17.3 Å². The molecule has 156 valence electrons. The lowest BCUT2D eigenvalue weighted by molar-refractivity contribution is 0.0963. The summed E-state index contributed by atoms with van der Waals surface area (Å²) in [5.74, 6) is 1.75. The zero-order valence-electron chi connectivity index (χ0n) is 17.4. The maximum atomic E-state index is 13.1. The highest BCUT2D eigenvalue weighted by molar-refractivity contribution is 6.30. The standard InChI is InChI=1S/C23H23ClN2O4/c1-13-22-18(26(25-13)17-7-5-16(24)6-8-17)9-14(10-19(22)27)15-11-20(28-2)23(30-4)21(12-15)29-3/h5-8,11-12,14H,9-10H2,1-4H3/t14-/m1/s1. The summed E-state index contributed by atoms with van der Waals surface area (Å²) in [5, 5.41) is 5.30. The Hall–Kier alpha value is -2.99. The lowest BCUT2D eigenvalue weighted by atomic mass is 9.81. The van der Waals surface area contributed by atoms with E-state index in [0.717, 1.165) is 22.6 Å². The second kappa shape index (κ2) is 8.03. The molecule has 0 fully saturated rings. The van der Waals surface area contributed by atoms with Crippen molar-refractivity contribution in [3.05, 3.63) is 63.9 Å². The van der Waals surface area contributed by atoms with Crippen molar-refractivity contribution in [3.8, 4) is 22.9 Å². The van der Waals surface area contributed by atoms with Crippen LogP contribution in [0.25, 0.3) is 5.69 Å². The number of halogens is 1. The molecule has 0 amide bonds. The first kappa shape index (κ1) is 20.3. The van der Waals surface area contributed by atoms with Gasteiger partial charge in [-0.25, -0.2) is 4.68 Å². The third-order valence-electron chi connectivity index (χ3n) is 5.54. The molecule has 0 aliphatic heterocycles. The summed E-state index contributed by atoms with van der Waals surface area (Å²) < 4.78 is 18.3. The van der Waals surface area contributed by atoms with Gasteiger partial charge in [0.05, 0.1) is 44.0 Å². The van der Waals surface area contributed by atoms with Crippen LogP contribution in [0.4, 0.5) is 0 Å². The molecule has 0 radical (unpaired) electrons. The van der Waals surface area contributed by atoms with Crippen LogP contribution in [-0.2, 0) is 6.42 Å². The Morgan fingerprint density at radius 3 is 2.20 bits per heavy atom. The molecule has 0 unspecified atom stereocenters. The lowest BCUT2D eigenvalue weighted by Crippen LogP contribution is -2.20. The van der Waals surface area contributed by atoms with E-state index in [0.29, 0.717) is 40.7 Å². The summed E-state index contributed by atoms with van der Waals surface area (Å²) >= 11 is 6.04. The molecule has 0 bridgehead atoms. The zero-order valence-corrected chi connectivity index (χ0v) is 18.1. The number of fused-ring (bicyclic) bond motifs is 1. The highest BCUT2D eigenvalue weighted by Crippen LogP contribution is 2.43. The molecule has 30 heavy (non-hydrogen) atoms. The van der Waals surface area contributed by atoms with Gasteiger partial charge in [0.25, 0.3) is 0 Å². The van der Waals surface area contributed by atoms with Crippen molar-refractivity contribution < 1.29 is 19.0 Å². The molecule has 1 atom stereocenters. The third-order valence-corrected chi connectivity index (χ3v) is 5.79. The molecule has 1 aliphatic rings. The maximum absolute atomic E-state index is 13.1. The Bertz CT molecular complexity index is 1080. The summed E-state index contributed by atoms with van der Waals surface area (Å²) in [6.45, 7) is 1.88. The Morgan fingerprint density at radius 1 is 1.00 bits per heavy atom. The number of nitrogens with zero attached hydrogens (tertiary/aromatic N) is 2. The maximum Gasteiger partial charge on any atom is 0.203 e. The highest BCUT2D eigenvalue weighted by atomic mass is 35.5. The fourth-order valence-electron chi connectivity index (χ4n) is 4.13. The van der Waals surface area contributed by atoms with Crippen LogP contribution in [-0.4, -0.2) is 36.9 Å². The number of carbonyl (C=O) groups is 1.